The van der Waals surface area contributed by atoms with Gasteiger partial charge in [0.05, 0.1) is 19.1 Å². The number of ketones is 2. The Balaban J connectivity index is 1.70. The van der Waals surface area contributed by atoms with Gasteiger partial charge in [-0.25, -0.2) is 0 Å². The van der Waals surface area contributed by atoms with Crippen LogP contribution in [0.3, 0.4) is 0 Å². The van der Waals surface area contributed by atoms with E-state index < -0.39 is 12.0 Å². The predicted octanol–water partition coefficient (Wildman–Crippen LogP) is 3.51. The third-order valence-electron chi connectivity index (χ3n) is 6.16. The van der Waals surface area contributed by atoms with E-state index in [2.05, 4.69) is 0 Å². The summed E-state index contributed by atoms with van der Waals surface area (Å²) in [7, 11) is 1.63. The topological polar surface area (TPSA) is 72.8 Å². The molecule has 1 heterocycles. The first-order chi connectivity index (χ1) is 13.1. The van der Waals surface area contributed by atoms with Gasteiger partial charge >= 0.3 is 0 Å². The van der Waals surface area contributed by atoms with E-state index in [0.717, 1.165) is 36.3 Å². The first-order valence-corrected chi connectivity index (χ1v) is 9.86. The summed E-state index contributed by atoms with van der Waals surface area (Å²) < 4.78 is 11.5. The minimum Gasteiger partial charge on any atom is -0.497 e. The van der Waals surface area contributed by atoms with Crippen molar-refractivity contribution < 1.29 is 24.2 Å². The number of Topliss-reactive ketones (excluding diaryl/α,β-unsaturated/α-hetero) is 2. The largest absolute Gasteiger partial charge is 0.497 e. The minimum atomic E-state index is -0.672. The molecule has 4 atom stereocenters. The van der Waals surface area contributed by atoms with Crippen molar-refractivity contribution >= 4 is 11.6 Å². The van der Waals surface area contributed by atoms with Crippen LogP contribution in [0.15, 0.2) is 35.6 Å². The summed E-state index contributed by atoms with van der Waals surface area (Å²) in [4.78, 5) is 25.3. The van der Waals surface area contributed by atoms with E-state index in [1.807, 2.05) is 24.3 Å². The van der Waals surface area contributed by atoms with Crippen LogP contribution in [-0.2, 0) is 14.3 Å². The molecule has 2 aliphatic carbocycles. The van der Waals surface area contributed by atoms with Crippen molar-refractivity contribution in [1.82, 2.24) is 0 Å². The predicted molar refractivity (Wildman–Crippen MR) is 99.2 cm³/mol. The number of hydrogen-bond donors (Lipinski definition) is 1. The molecule has 1 saturated carbocycles. The highest BCUT2D eigenvalue weighted by Crippen LogP contribution is 2.47. The first-order valence-electron chi connectivity index (χ1n) is 9.86. The monoisotopic (exact) mass is 370 g/mol. The number of aliphatic hydroxyl groups excluding tert-OH is 1. The number of aliphatic hydroxyl groups is 1. The molecule has 0 radical (unpaired) electrons. The van der Waals surface area contributed by atoms with Crippen molar-refractivity contribution in [3.05, 3.63) is 41.2 Å². The summed E-state index contributed by atoms with van der Waals surface area (Å²) >= 11 is 0. The van der Waals surface area contributed by atoms with Gasteiger partial charge in [-0.1, -0.05) is 12.1 Å². The molecule has 5 nitrogen and oxygen atoms in total. The molecule has 27 heavy (non-hydrogen) atoms. The number of hydrogen-bond acceptors (Lipinski definition) is 5. The molecule has 1 fully saturated rings. The third-order valence-corrected chi connectivity index (χ3v) is 6.16. The van der Waals surface area contributed by atoms with E-state index in [1.54, 1.807) is 7.11 Å². The minimum absolute atomic E-state index is 0.0827. The van der Waals surface area contributed by atoms with Crippen molar-refractivity contribution in [3.8, 4) is 5.75 Å². The zero-order valence-electron chi connectivity index (χ0n) is 15.6. The lowest BCUT2D eigenvalue weighted by Crippen LogP contribution is -2.43. The van der Waals surface area contributed by atoms with Crippen molar-refractivity contribution in [2.45, 2.75) is 57.2 Å². The van der Waals surface area contributed by atoms with Gasteiger partial charge < -0.3 is 14.6 Å². The zero-order chi connectivity index (χ0) is 19.0. The van der Waals surface area contributed by atoms with Crippen molar-refractivity contribution in [2.75, 3.05) is 7.11 Å². The average molecular weight is 370 g/mol. The lowest BCUT2D eigenvalue weighted by Gasteiger charge is -2.41. The summed E-state index contributed by atoms with van der Waals surface area (Å²) in [5.74, 6) is 0.928. The molecule has 1 aromatic rings. The van der Waals surface area contributed by atoms with Gasteiger partial charge in [0.25, 0.3) is 0 Å². The summed E-state index contributed by atoms with van der Waals surface area (Å²) in [6, 6.07) is 7.72. The Bertz CT molecular complexity index is 763. The Morgan fingerprint density at radius 3 is 2.56 bits per heavy atom. The van der Waals surface area contributed by atoms with Gasteiger partial charge in [0, 0.05) is 30.8 Å². The van der Waals surface area contributed by atoms with Gasteiger partial charge in [0.15, 0.2) is 5.78 Å². The van der Waals surface area contributed by atoms with Crippen LogP contribution in [-0.4, -0.2) is 29.9 Å². The van der Waals surface area contributed by atoms with Crippen LogP contribution < -0.4 is 4.74 Å². The van der Waals surface area contributed by atoms with Gasteiger partial charge in [-0.15, -0.1) is 0 Å². The lowest BCUT2D eigenvalue weighted by molar-refractivity contribution is -0.133. The quantitative estimate of drug-likeness (QED) is 0.881. The van der Waals surface area contributed by atoms with Crippen LogP contribution in [0.25, 0.3) is 0 Å². The Kier molecular flexibility index (Phi) is 5.04. The Hall–Kier alpha value is -2.14. The normalized spacial score (nSPS) is 31.3. The maximum atomic E-state index is 12.7. The number of methoxy groups -OCH3 is 1. The van der Waals surface area contributed by atoms with Gasteiger partial charge in [-0.2, -0.15) is 0 Å². The zero-order valence-corrected chi connectivity index (χ0v) is 15.6. The number of carbonyl (C=O) groups is 2. The SMILES string of the molecule is COc1ccc(C2CC(C3C(=O)CCCC3O)C3=C(CCCC3=O)O2)cc1. The summed E-state index contributed by atoms with van der Waals surface area (Å²) in [6.45, 7) is 0. The van der Waals surface area contributed by atoms with Crippen LogP contribution >= 0.6 is 0 Å². The van der Waals surface area contributed by atoms with Crippen LogP contribution in [0, 0.1) is 11.8 Å². The lowest BCUT2D eigenvalue weighted by atomic mass is 9.68. The smallest absolute Gasteiger partial charge is 0.162 e. The van der Waals surface area contributed by atoms with E-state index in [1.165, 1.54) is 0 Å². The molecule has 0 amide bonds. The van der Waals surface area contributed by atoms with Crippen molar-refractivity contribution in [3.63, 3.8) is 0 Å². The first kappa shape index (κ1) is 18.2. The molecule has 144 valence electrons. The molecule has 1 N–H and O–H groups in total. The van der Waals surface area contributed by atoms with E-state index in [0.29, 0.717) is 31.3 Å². The summed E-state index contributed by atoms with van der Waals surface area (Å²) in [5, 5.41) is 10.6. The molecule has 0 spiro atoms. The standard InChI is InChI=1S/C22H26O5/c1-26-14-10-8-13(9-11-14)20-12-15(21-16(23)4-2-5-17(21)24)22-18(25)6-3-7-19(22)27-20/h8-11,15-16,20-21,23H,2-7,12H2,1H3. The van der Waals surface area contributed by atoms with Gasteiger partial charge in [0.2, 0.25) is 0 Å². The van der Waals surface area contributed by atoms with Gasteiger partial charge in [-0.3, -0.25) is 9.59 Å². The molecule has 0 saturated heterocycles. The fourth-order valence-electron chi connectivity index (χ4n) is 4.83. The van der Waals surface area contributed by atoms with Crippen LogP contribution in [0.1, 0.15) is 56.6 Å². The third kappa shape index (κ3) is 3.41. The fraction of sp³-hybridized carbons (Fsp3) is 0.545. The fourth-order valence-corrected chi connectivity index (χ4v) is 4.83. The van der Waals surface area contributed by atoms with Gasteiger partial charge in [0.1, 0.15) is 23.4 Å². The molecule has 0 aromatic heterocycles. The van der Waals surface area contributed by atoms with Crippen molar-refractivity contribution in [1.29, 1.82) is 0 Å². The second-order valence-electron chi connectivity index (χ2n) is 7.79. The molecule has 4 unspecified atom stereocenters. The maximum Gasteiger partial charge on any atom is 0.162 e. The average Bonchev–Trinajstić information content (AvgIpc) is 2.68. The number of benzene rings is 1. The Labute approximate surface area is 159 Å². The summed E-state index contributed by atoms with van der Waals surface area (Å²) in [5.41, 5.74) is 1.67. The molecule has 1 aromatic carbocycles. The van der Waals surface area contributed by atoms with Crippen LogP contribution in [0.4, 0.5) is 0 Å². The molecule has 1 aliphatic heterocycles. The number of allylic oxidation sites excluding steroid dienone is 2. The highest BCUT2D eigenvalue weighted by atomic mass is 16.5. The van der Waals surface area contributed by atoms with Crippen LogP contribution in [0.5, 0.6) is 5.75 Å². The second-order valence-corrected chi connectivity index (χ2v) is 7.79. The molecular formula is C22H26O5. The maximum absolute atomic E-state index is 12.7. The van der Waals surface area contributed by atoms with E-state index in [4.69, 9.17) is 9.47 Å². The molecule has 5 heteroatoms. The molecular weight excluding hydrogens is 344 g/mol. The molecule has 4 rings (SSSR count). The Morgan fingerprint density at radius 1 is 1.07 bits per heavy atom. The molecule has 3 aliphatic rings. The number of rotatable bonds is 3. The van der Waals surface area contributed by atoms with E-state index >= 15 is 0 Å². The van der Waals surface area contributed by atoms with Gasteiger partial charge in [-0.05, 0) is 43.4 Å². The summed E-state index contributed by atoms with van der Waals surface area (Å²) in [6.07, 6.45) is 3.50. The molecule has 0 bridgehead atoms. The number of carbonyl (C=O) groups excluding carboxylic acids is 2. The highest BCUT2D eigenvalue weighted by Gasteiger charge is 2.46. The van der Waals surface area contributed by atoms with E-state index in [-0.39, 0.29) is 23.6 Å². The van der Waals surface area contributed by atoms with E-state index in [9.17, 15) is 14.7 Å². The second kappa shape index (κ2) is 7.47. The van der Waals surface area contributed by atoms with Crippen molar-refractivity contribution in [2.24, 2.45) is 11.8 Å². The highest BCUT2D eigenvalue weighted by molar-refractivity contribution is 5.98. The Morgan fingerprint density at radius 2 is 1.85 bits per heavy atom. The number of ether oxygens (including phenoxy) is 2. The van der Waals surface area contributed by atoms with Crippen LogP contribution in [0.2, 0.25) is 0 Å².